The van der Waals surface area contributed by atoms with Gasteiger partial charge in [0.2, 0.25) is 16.9 Å². The van der Waals surface area contributed by atoms with Gasteiger partial charge in [0.1, 0.15) is 0 Å². The highest BCUT2D eigenvalue weighted by atomic mass is 32.2. The van der Waals surface area contributed by atoms with Crippen molar-refractivity contribution < 1.29 is 22.0 Å². The molecule has 0 N–H and O–H groups in total. The molecule has 0 amide bonds. The van der Waals surface area contributed by atoms with Gasteiger partial charge in [-0.1, -0.05) is 60.7 Å². The predicted octanol–water partition coefficient (Wildman–Crippen LogP) is 3.34. The van der Waals surface area contributed by atoms with Crippen molar-refractivity contribution >= 4 is 16.9 Å². The lowest BCUT2D eigenvalue weighted by Gasteiger charge is -2.14. The zero-order valence-corrected chi connectivity index (χ0v) is 11.7. The van der Waals surface area contributed by atoms with Gasteiger partial charge < -0.3 is 0 Å². The van der Waals surface area contributed by atoms with Crippen molar-refractivity contribution in [1.82, 2.24) is 0 Å². The Morgan fingerprint density at radius 3 is 2.10 bits per heavy atom. The van der Waals surface area contributed by atoms with Crippen LogP contribution in [-0.2, 0) is 21.9 Å². The minimum atomic E-state index is -4.09. The monoisotopic (exact) mass is 310 g/mol. The van der Waals surface area contributed by atoms with Gasteiger partial charge in [-0.05, 0) is 5.56 Å². The molecule has 110 valence electrons. The van der Waals surface area contributed by atoms with Gasteiger partial charge in [-0.15, -0.1) is 0 Å². The van der Waals surface area contributed by atoms with Gasteiger partial charge >= 0.3 is 5.25 Å². The number of carbonyl (C=O) groups is 1. The molecule has 2 aromatic rings. The van der Waals surface area contributed by atoms with Gasteiger partial charge in [-0.3, -0.25) is 8.98 Å². The SMILES string of the molecule is O=C(c1ccccc1)C(F)(F)S(=O)OCc1ccccc1. The summed E-state index contributed by atoms with van der Waals surface area (Å²) in [6.45, 7) is -0.259. The number of Topliss-reactive ketones (excluding diaryl/α,β-unsaturated/α-hetero) is 1. The Hall–Kier alpha value is -1.92. The Labute approximate surface area is 123 Å². The van der Waals surface area contributed by atoms with E-state index in [9.17, 15) is 17.8 Å². The highest BCUT2D eigenvalue weighted by molar-refractivity contribution is 7.82. The van der Waals surface area contributed by atoms with Gasteiger partial charge in [0.05, 0.1) is 6.61 Å². The fourth-order valence-corrected chi connectivity index (χ4v) is 2.26. The van der Waals surface area contributed by atoms with E-state index in [0.29, 0.717) is 5.56 Å². The molecule has 1 unspecified atom stereocenters. The molecule has 0 saturated carbocycles. The summed E-state index contributed by atoms with van der Waals surface area (Å²) in [5, 5.41) is -4.09. The second-order valence-electron chi connectivity index (χ2n) is 4.19. The molecule has 0 fully saturated rings. The van der Waals surface area contributed by atoms with Gasteiger partial charge in [-0.25, -0.2) is 4.21 Å². The Balaban J connectivity index is 2.05. The van der Waals surface area contributed by atoms with E-state index in [4.69, 9.17) is 0 Å². The number of carbonyl (C=O) groups excluding carboxylic acids is 1. The summed E-state index contributed by atoms with van der Waals surface area (Å²) >= 11 is -3.04. The third-order valence-corrected chi connectivity index (χ3v) is 3.62. The van der Waals surface area contributed by atoms with E-state index in [1.807, 2.05) is 0 Å². The summed E-state index contributed by atoms with van der Waals surface area (Å²) in [4.78, 5) is 11.7. The molecule has 21 heavy (non-hydrogen) atoms. The Kier molecular flexibility index (Phi) is 4.93. The molecule has 2 rings (SSSR count). The fraction of sp³-hybridized carbons (Fsp3) is 0.133. The van der Waals surface area contributed by atoms with Crippen LogP contribution in [0.15, 0.2) is 60.7 Å². The minimum absolute atomic E-state index is 0.209. The molecule has 0 aliphatic carbocycles. The van der Waals surface area contributed by atoms with Crippen LogP contribution in [0, 0.1) is 0 Å². The highest BCUT2D eigenvalue weighted by Crippen LogP contribution is 2.25. The maximum absolute atomic E-state index is 13.8. The Morgan fingerprint density at radius 2 is 1.52 bits per heavy atom. The molecule has 1 atom stereocenters. The van der Waals surface area contributed by atoms with Crippen molar-refractivity contribution in [2.24, 2.45) is 0 Å². The van der Waals surface area contributed by atoms with E-state index in [0.717, 1.165) is 0 Å². The quantitative estimate of drug-likeness (QED) is 0.769. The van der Waals surface area contributed by atoms with E-state index < -0.39 is 22.1 Å². The van der Waals surface area contributed by atoms with Gasteiger partial charge in [0.15, 0.2) is 0 Å². The molecule has 0 heterocycles. The van der Waals surface area contributed by atoms with Gasteiger partial charge in [0.25, 0.3) is 0 Å². The summed E-state index contributed by atoms with van der Waals surface area (Å²) < 4.78 is 43.9. The minimum Gasteiger partial charge on any atom is -0.286 e. The summed E-state index contributed by atoms with van der Waals surface area (Å²) in [5.41, 5.74) is 0.382. The molecule has 0 aliphatic heterocycles. The first-order chi connectivity index (χ1) is 10.0. The smallest absolute Gasteiger partial charge is 0.286 e. The third-order valence-electron chi connectivity index (χ3n) is 2.69. The van der Waals surface area contributed by atoms with Crippen LogP contribution < -0.4 is 0 Å². The van der Waals surface area contributed by atoms with Crippen molar-refractivity contribution in [3.8, 4) is 0 Å². The molecule has 0 aliphatic rings. The zero-order chi connectivity index (χ0) is 15.3. The molecule has 0 saturated heterocycles. The highest BCUT2D eigenvalue weighted by Gasteiger charge is 2.47. The number of hydrogen-bond donors (Lipinski definition) is 0. The number of ketones is 1. The predicted molar refractivity (Wildman–Crippen MR) is 75.1 cm³/mol. The molecular formula is C15H12F2O3S. The van der Waals surface area contributed by atoms with Crippen LogP contribution in [0.25, 0.3) is 0 Å². The normalized spacial score (nSPS) is 12.9. The van der Waals surface area contributed by atoms with E-state index in [2.05, 4.69) is 4.18 Å². The van der Waals surface area contributed by atoms with E-state index in [1.165, 1.54) is 24.3 Å². The summed E-state index contributed by atoms with van der Waals surface area (Å²) in [7, 11) is 0. The van der Waals surface area contributed by atoms with Crippen molar-refractivity contribution in [3.63, 3.8) is 0 Å². The topological polar surface area (TPSA) is 43.4 Å². The van der Waals surface area contributed by atoms with E-state index in [-0.39, 0.29) is 12.2 Å². The maximum Gasteiger partial charge on any atom is 0.406 e. The van der Waals surface area contributed by atoms with E-state index in [1.54, 1.807) is 36.4 Å². The summed E-state index contributed by atoms with van der Waals surface area (Å²) in [6, 6.07) is 15.4. The Morgan fingerprint density at radius 1 is 1.00 bits per heavy atom. The van der Waals surface area contributed by atoms with Crippen molar-refractivity contribution in [2.75, 3.05) is 0 Å². The first kappa shape index (κ1) is 15.5. The van der Waals surface area contributed by atoms with Gasteiger partial charge in [0, 0.05) is 5.56 Å². The number of rotatable bonds is 6. The molecule has 0 bridgehead atoms. The first-order valence-corrected chi connectivity index (χ1v) is 7.16. The fourth-order valence-electron chi connectivity index (χ4n) is 1.60. The second-order valence-corrected chi connectivity index (χ2v) is 5.41. The van der Waals surface area contributed by atoms with E-state index >= 15 is 0 Å². The molecular weight excluding hydrogens is 298 g/mol. The van der Waals surface area contributed by atoms with Crippen LogP contribution in [-0.4, -0.2) is 15.2 Å². The van der Waals surface area contributed by atoms with Crippen molar-refractivity contribution in [1.29, 1.82) is 0 Å². The van der Waals surface area contributed by atoms with Crippen LogP contribution in [0.3, 0.4) is 0 Å². The average molecular weight is 310 g/mol. The average Bonchev–Trinajstić information content (AvgIpc) is 2.53. The Bertz CT molecular complexity index is 630. The molecule has 3 nitrogen and oxygen atoms in total. The lowest BCUT2D eigenvalue weighted by molar-refractivity contribution is 0.0501. The zero-order valence-electron chi connectivity index (χ0n) is 10.9. The molecule has 6 heteroatoms. The van der Waals surface area contributed by atoms with Crippen LogP contribution in [0.1, 0.15) is 15.9 Å². The molecule has 0 radical (unpaired) electrons. The van der Waals surface area contributed by atoms with Gasteiger partial charge in [-0.2, -0.15) is 8.78 Å². The number of halogens is 2. The molecule has 2 aromatic carbocycles. The number of hydrogen-bond acceptors (Lipinski definition) is 3. The lowest BCUT2D eigenvalue weighted by Crippen LogP contribution is -2.34. The second kappa shape index (κ2) is 6.69. The standard InChI is InChI=1S/C15H12F2O3S/c16-15(17,14(18)13-9-5-2-6-10-13)21(19)20-11-12-7-3-1-4-8-12/h1-10H,11H2. The molecule has 0 spiro atoms. The maximum atomic E-state index is 13.8. The van der Waals surface area contributed by atoms with Crippen LogP contribution in [0.4, 0.5) is 8.78 Å². The third kappa shape index (κ3) is 3.80. The largest absolute Gasteiger partial charge is 0.406 e. The van der Waals surface area contributed by atoms with Crippen LogP contribution >= 0.6 is 0 Å². The van der Waals surface area contributed by atoms with Crippen molar-refractivity contribution in [3.05, 3.63) is 71.8 Å². The lowest BCUT2D eigenvalue weighted by atomic mass is 10.1. The summed E-state index contributed by atoms with van der Waals surface area (Å²) in [5.74, 6) is -1.52. The van der Waals surface area contributed by atoms with Crippen LogP contribution in [0.2, 0.25) is 0 Å². The summed E-state index contributed by atoms with van der Waals surface area (Å²) in [6.07, 6.45) is 0. The van der Waals surface area contributed by atoms with Crippen molar-refractivity contribution in [2.45, 2.75) is 11.9 Å². The number of alkyl halides is 2. The van der Waals surface area contributed by atoms with Crippen LogP contribution in [0.5, 0.6) is 0 Å². The first-order valence-electron chi connectivity index (χ1n) is 6.08. The number of benzene rings is 2. The molecule has 0 aromatic heterocycles.